The van der Waals surface area contributed by atoms with Crippen LogP contribution in [0.5, 0.6) is 11.5 Å². The van der Waals surface area contributed by atoms with Crippen molar-refractivity contribution in [3.05, 3.63) is 65.2 Å². The van der Waals surface area contributed by atoms with E-state index in [4.69, 9.17) is 9.47 Å². The number of rotatable bonds is 6. The number of benzene rings is 2. The zero-order chi connectivity index (χ0) is 19.2. The summed E-state index contributed by atoms with van der Waals surface area (Å²) < 4.78 is 10.4. The van der Waals surface area contributed by atoms with E-state index < -0.39 is 0 Å². The first-order valence-electron chi connectivity index (χ1n) is 7.95. The topological polar surface area (TPSA) is 89.5 Å². The number of amides is 2. The van der Waals surface area contributed by atoms with Crippen LogP contribution in [0.15, 0.2) is 54.0 Å². The van der Waals surface area contributed by atoms with Crippen molar-refractivity contribution >= 4 is 34.0 Å². The zero-order valence-electron chi connectivity index (χ0n) is 14.7. The van der Waals surface area contributed by atoms with Gasteiger partial charge in [0.1, 0.15) is 11.5 Å². The van der Waals surface area contributed by atoms with Gasteiger partial charge in [0.2, 0.25) is 0 Å². The summed E-state index contributed by atoms with van der Waals surface area (Å²) in [6, 6.07) is 11.6. The number of carbonyl (C=O) groups is 2. The van der Waals surface area contributed by atoms with Gasteiger partial charge in [0.15, 0.2) is 5.13 Å². The number of hydrogen-bond donors (Lipinski definition) is 2. The molecule has 0 saturated carbocycles. The molecule has 0 aliphatic rings. The second-order valence-corrected chi connectivity index (χ2v) is 6.28. The summed E-state index contributed by atoms with van der Waals surface area (Å²) in [7, 11) is 3.03. The van der Waals surface area contributed by atoms with Crippen molar-refractivity contribution in [2.24, 2.45) is 0 Å². The number of carbonyl (C=O) groups excluding carboxylic acids is 2. The van der Waals surface area contributed by atoms with Crippen molar-refractivity contribution < 1.29 is 19.1 Å². The molecule has 0 fully saturated rings. The summed E-state index contributed by atoms with van der Waals surface area (Å²) in [5, 5.41) is 7.75. The number of methoxy groups -OCH3 is 2. The lowest BCUT2D eigenvalue weighted by Crippen LogP contribution is -2.15. The van der Waals surface area contributed by atoms with Gasteiger partial charge in [-0.3, -0.25) is 14.9 Å². The van der Waals surface area contributed by atoms with Crippen LogP contribution in [0.2, 0.25) is 0 Å². The van der Waals surface area contributed by atoms with Gasteiger partial charge < -0.3 is 14.8 Å². The van der Waals surface area contributed by atoms with Crippen LogP contribution < -0.4 is 20.1 Å². The van der Waals surface area contributed by atoms with E-state index in [1.54, 1.807) is 61.2 Å². The highest BCUT2D eigenvalue weighted by Gasteiger charge is 2.15. The molecule has 1 heterocycles. The fourth-order valence-corrected chi connectivity index (χ4v) is 2.88. The van der Waals surface area contributed by atoms with Gasteiger partial charge in [-0.1, -0.05) is 0 Å². The molecule has 27 heavy (non-hydrogen) atoms. The van der Waals surface area contributed by atoms with Gasteiger partial charge in [-0.25, -0.2) is 4.98 Å². The summed E-state index contributed by atoms with van der Waals surface area (Å²) in [4.78, 5) is 28.8. The molecule has 8 heteroatoms. The predicted molar refractivity (Wildman–Crippen MR) is 104 cm³/mol. The summed E-state index contributed by atoms with van der Waals surface area (Å²) >= 11 is 1.32. The van der Waals surface area contributed by atoms with E-state index in [1.807, 2.05) is 0 Å². The number of nitrogens with one attached hydrogen (secondary N) is 2. The highest BCUT2D eigenvalue weighted by Crippen LogP contribution is 2.25. The maximum Gasteiger partial charge on any atom is 0.261 e. The number of hydrogen-bond acceptors (Lipinski definition) is 6. The Labute approximate surface area is 160 Å². The Morgan fingerprint density at radius 1 is 0.963 bits per heavy atom. The van der Waals surface area contributed by atoms with Crippen LogP contribution in [0.25, 0.3) is 0 Å². The molecule has 0 spiro atoms. The van der Waals surface area contributed by atoms with Crippen LogP contribution in [0, 0.1) is 0 Å². The van der Waals surface area contributed by atoms with E-state index in [-0.39, 0.29) is 11.8 Å². The van der Waals surface area contributed by atoms with E-state index in [0.717, 1.165) is 0 Å². The number of anilines is 2. The highest BCUT2D eigenvalue weighted by molar-refractivity contribution is 7.13. The van der Waals surface area contributed by atoms with Gasteiger partial charge in [-0.15, -0.1) is 11.3 Å². The van der Waals surface area contributed by atoms with Crippen molar-refractivity contribution in [1.82, 2.24) is 4.98 Å². The van der Waals surface area contributed by atoms with E-state index in [9.17, 15) is 9.59 Å². The number of ether oxygens (including phenoxy) is 2. The van der Waals surface area contributed by atoms with Crippen molar-refractivity contribution in [2.75, 3.05) is 24.9 Å². The van der Waals surface area contributed by atoms with Gasteiger partial charge >= 0.3 is 0 Å². The van der Waals surface area contributed by atoms with Crippen molar-refractivity contribution in [2.45, 2.75) is 0 Å². The van der Waals surface area contributed by atoms with Gasteiger partial charge in [0, 0.05) is 28.9 Å². The Morgan fingerprint density at radius 3 is 2.37 bits per heavy atom. The first-order chi connectivity index (χ1) is 13.1. The molecule has 2 N–H and O–H groups in total. The molecular weight excluding hydrogens is 366 g/mol. The Hall–Kier alpha value is -3.39. The molecule has 1 aromatic heterocycles. The second-order valence-electron chi connectivity index (χ2n) is 5.39. The largest absolute Gasteiger partial charge is 0.497 e. The molecule has 2 amide bonds. The van der Waals surface area contributed by atoms with Crippen LogP contribution in [0.1, 0.15) is 20.7 Å². The molecular formula is C19H17N3O4S. The second kappa shape index (κ2) is 8.33. The maximum absolute atomic E-state index is 12.4. The molecule has 7 nitrogen and oxygen atoms in total. The van der Waals surface area contributed by atoms with Crippen LogP contribution in [0.4, 0.5) is 10.8 Å². The first-order valence-corrected chi connectivity index (χ1v) is 8.83. The maximum atomic E-state index is 12.4. The van der Waals surface area contributed by atoms with Crippen LogP contribution in [-0.2, 0) is 0 Å². The quantitative estimate of drug-likeness (QED) is 0.678. The average molecular weight is 383 g/mol. The minimum Gasteiger partial charge on any atom is -0.497 e. The summed E-state index contributed by atoms with van der Waals surface area (Å²) in [6.07, 6.45) is 1.61. The number of aromatic nitrogens is 1. The van der Waals surface area contributed by atoms with Crippen molar-refractivity contribution in [3.63, 3.8) is 0 Å². The standard InChI is InChI=1S/C19H17N3O4S/c1-25-14-6-3-12(4-7-14)17(23)21-13-5-8-15(16(11-13)26-2)18(24)22-19-20-9-10-27-19/h3-11H,1-2H3,(H,21,23)(H,20,22,24). The third-order valence-corrected chi connectivity index (χ3v) is 4.40. The van der Waals surface area contributed by atoms with Gasteiger partial charge in [0.25, 0.3) is 11.8 Å². The Bertz CT molecular complexity index is 940. The van der Waals surface area contributed by atoms with Crippen molar-refractivity contribution in [3.8, 4) is 11.5 Å². The molecule has 0 aliphatic carbocycles. The third-order valence-electron chi connectivity index (χ3n) is 3.71. The van der Waals surface area contributed by atoms with E-state index in [0.29, 0.717) is 33.4 Å². The Morgan fingerprint density at radius 2 is 1.74 bits per heavy atom. The predicted octanol–water partition coefficient (Wildman–Crippen LogP) is 3.66. The monoisotopic (exact) mass is 383 g/mol. The molecule has 0 bridgehead atoms. The highest BCUT2D eigenvalue weighted by atomic mass is 32.1. The fraction of sp³-hybridized carbons (Fsp3) is 0.105. The molecule has 0 saturated heterocycles. The number of nitrogens with zero attached hydrogens (tertiary/aromatic N) is 1. The Kier molecular flexibility index (Phi) is 5.68. The normalized spacial score (nSPS) is 10.1. The lowest BCUT2D eigenvalue weighted by atomic mass is 10.1. The molecule has 138 valence electrons. The van der Waals surface area contributed by atoms with Gasteiger partial charge in [-0.05, 0) is 36.4 Å². The molecule has 0 unspecified atom stereocenters. The zero-order valence-corrected chi connectivity index (χ0v) is 15.5. The molecule has 2 aromatic carbocycles. The van der Waals surface area contributed by atoms with E-state index in [1.165, 1.54) is 18.4 Å². The molecule has 3 aromatic rings. The van der Waals surface area contributed by atoms with Crippen LogP contribution in [-0.4, -0.2) is 31.0 Å². The molecule has 0 radical (unpaired) electrons. The first kappa shape index (κ1) is 18.4. The summed E-state index contributed by atoms with van der Waals surface area (Å²) in [5.41, 5.74) is 1.34. The van der Waals surface area contributed by atoms with Crippen molar-refractivity contribution in [1.29, 1.82) is 0 Å². The minimum absolute atomic E-state index is 0.278. The summed E-state index contributed by atoms with van der Waals surface area (Å²) in [6.45, 7) is 0. The SMILES string of the molecule is COc1ccc(C(=O)Nc2ccc(C(=O)Nc3nccs3)c(OC)c2)cc1. The van der Waals surface area contributed by atoms with Crippen LogP contribution >= 0.6 is 11.3 Å². The van der Waals surface area contributed by atoms with E-state index >= 15 is 0 Å². The molecule has 0 aliphatic heterocycles. The number of thiazole rings is 1. The van der Waals surface area contributed by atoms with E-state index in [2.05, 4.69) is 15.6 Å². The van der Waals surface area contributed by atoms with Gasteiger partial charge in [0.05, 0.1) is 19.8 Å². The van der Waals surface area contributed by atoms with Crippen LogP contribution in [0.3, 0.4) is 0 Å². The average Bonchev–Trinajstić information content (AvgIpc) is 3.20. The minimum atomic E-state index is -0.338. The fourth-order valence-electron chi connectivity index (χ4n) is 2.35. The molecule has 0 atom stereocenters. The summed E-state index contributed by atoms with van der Waals surface area (Å²) in [5.74, 6) is 0.398. The lowest BCUT2D eigenvalue weighted by Gasteiger charge is -2.11. The third kappa shape index (κ3) is 4.42. The lowest BCUT2D eigenvalue weighted by molar-refractivity contribution is 0.101. The van der Waals surface area contributed by atoms with Gasteiger partial charge in [-0.2, -0.15) is 0 Å². The molecule has 3 rings (SSSR count). The smallest absolute Gasteiger partial charge is 0.261 e. The Balaban J connectivity index is 1.74.